The van der Waals surface area contributed by atoms with Crippen LogP contribution in [0, 0.1) is 28.6 Å². The van der Waals surface area contributed by atoms with Gasteiger partial charge in [0.25, 0.3) is 0 Å². The molecular formula is C28H56. The Balaban J connectivity index is 4.77. The van der Waals surface area contributed by atoms with Crippen molar-refractivity contribution in [3.8, 4) is 0 Å². The zero-order valence-corrected chi connectivity index (χ0v) is 21.4. The van der Waals surface area contributed by atoms with Crippen LogP contribution in [0.15, 0.2) is 12.2 Å². The molecule has 0 fully saturated rings. The van der Waals surface area contributed by atoms with Crippen LogP contribution in [0.25, 0.3) is 0 Å². The molecule has 0 aromatic rings. The van der Waals surface area contributed by atoms with E-state index in [1.165, 1.54) is 76.2 Å². The summed E-state index contributed by atoms with van der Waals surface area (Å²) in [4.78, 5) is 0. The van der Waals surface area contributed by atoms with Gasteiger partial charge in [0, 0.05) is 0 Å². The summed E-state index contributed by atoms with van der Waals surface area (Å²) in [7, 11) is 0. The average Bonchev–Trinajstić information content (AvgIpc) is 2.65. The highest BCUT2D eigenvalue weighted by Crippen LogP contribution is 2.42. The molecule has 0 radical (unpaired) electrons. The highest BCUT2D eigenvalue weighted by Gasteiger charge is 2.31. The topological polar surface area (TPSA) is 0 Å². The molecule has 0 nitrogen and oxygen atoms in total. The van der Waals surface area contributed by atoms with Crippen molar-refractivity contribution in [2.24, 2.45) is 28.6 Å². The van der Waals surface area contributed by atoms with Crippen molar-refractivity contribution in [2.45, 2.75) is 139 Å². The molecule has 0 rings (SSSR count). The molecule has 0 heteroatoms. The maximum absolute atomic E-state index is 4.21. The molecule has 0 bridgehead atoms. The van der Waals surface area contributed by atoms with Crippen LogP contribution in [-0.4, -0.2) is 0 Å². The molecule has 4 unspecified atom stereocenters. The maximum Gasteiger partial charge on any atom is -0.0303 e. The summed E-state index contributed by atoms with van der Waals surface area (Å²) in [5.41, 5.74) is 2.42. The van der Waals surface area contributed by atoms with E-state index in [0.29, 0.717) is 10.8 Å². The zero-order valence-electron chi connectivity index (χ0n) is 21.4. The molecule has 0 aromatic heterocycles. The van der Waals surface area contributed by atoms with Crippen LogP contribution < -0.4 is 0 Å². The van der Waals surface area contributed by atoms with Crippen LogP contribution in [0.5, 0.6) is 0 Å². The highest BCUT2D eigenvalue weighted by atomic mass is 14.4. The van der Waals surface area contributed by atoms with Gasteiger partial charge in [-0.2, -0.15) is 0 Å². The average molecular weight is 393 g/mol. The van der Waals surface area contributed by atoms with Gasteiger partial charge >= 0.3 is 0 Å². The molecule has 28 heavy (non-hydrogen) atoms. The summed E-state index contributed by atoms with van der Waals surface area (Å²) in [6.07, 6.45) is 16.1. The predicted molar refractivity (Wildman–Crippen MR) is 131 cm³/mol. The standard InChI is InChI=1S/C28H56/c1-11-15-18-26(22-27(8,9)13-3)21-24(6)20-25(7)28(10,14-4)19-16-17-23(5)12-2/h24-26H,5,11-22H2,1-4,6-10H3. The molecule has 0 spiro atoms. The molecule has 0 heterocycles. The first kappa shape index (κ1) is 27.7. The van der Waals surface area contributed by atoms with Crippen LogP contribution in [0.1, 0.15) is 139 Å². The first-order valence-corrected chi connectivity index (χ1v) is 12.7. The van der Waals surface area contributed by atoms with E-state index in [4.69, 9.17) is 0 Å². The quantitative estimate of drug-likeness (QED) is 0.216. The van der Waals surface area contributed by atoms with Gasteiger partial charge in [-0.15, -0.1) is 0 Å². The fraction of sp³-hybridized carbons (Fsp3) is 0.929. The first-order valence-electron chi connectivity index (χ1n) is 12.7. The van der Waals surface area contributed by atoms with Crippen molar-refractivity contribution in [1.82, 2.24) is 0 Å². The summed E-state index contributed by atoms with van der Waals surface area (Å²) in [5, 5.41) is 0. The van der Waals surface area contributed by atoms with Crippen LogP contribution in [-0.2, 0) is 0 Å². The molecule has 4 atom stereocenters. The van der Waals surface area contributed by atoms with Gasteiger partial charge in [0.05, 0.1) is 0 Å². The minimum absolute atomic E-state index is 0.490. The summed E-state index contributed by atoms with van der Waals surface area (Å²) >= 11 is 0. The molecule has 0 saturated heterocycles. The van der Waals surface area contributed by atoms with Crippen LogP contribution >= 0.6 is 0 Å². The lowest BCUT2D eigenvalue weighted by atomic mass is 9.68. The van der Waals surface area contributed by atoms with E-state index in [-0.39, 0.29) is 0 Å². The van der Waals surface area contributed by atoms with Gasteiger partial charge in [-0.05, 0) is 73.5 Å². The number of hydrogen-bond donors (Lipinski definition) is 0. The van der Waals surface area contributed by atoms with Gasteiger partial charge in [-0.3, -0.25) is 0 Å². The lowest BCUT2D eigenvalue weighted by Gasteiger charge is -2.38. The van der Waals surface area contributed by atoms with E-state index in [9.17, 15) is 0 Å². The molecule has 0 amide bonds. The van der Waals surface area contributed by atoms with E-state index >= 15 is 0 Å². The summed E-state index contributed by atoms with van der Waals surface area (Å²) in [6, 6.07) is 0. The minimum atomic E-state index is 0.490. The fourth-order valence-electron chi connectivity index (χ4n) is 4.97. The second-order valence-electron chi connectivity index (χ2n) is 11.2. The molecule has 0 aromatic carbocycles. The molecule has 0 saturated carbocycles. The van der Waals surface area contributed by atoms with Gasteiger partial charge in [0.2, 0.25) is 0 Å². The van der Waals surface area contributed by atoms with Crippen LogP contribution in [0.4, 0.5) is 0 Å². The van der Waals surface area contributed by atoms with Crippen molar-refractivity contribution in [2.75, 3.05) is 0 Å². The van der Waals surface area contributed by atoms with E-state index in [1.54, 1.807) is 0 Å². The maximum atomic E-state index is 4.21. The third-order valence-corrected chi connectivity index (χ3v) is 8.03. The Kier molecular flexibility index (Phi) is 13.7. The Morgan fingerprint density at radius 1 is 0.893 bits per heavy atom. The van der Waals surface area contributed by atoms with Crippen LogP contribution in [0.3, 0.4) is 0 Å². The van der Waals surface area contributed by atoms with Gasteiger partial charge < -0.3 is 0 Å². The van der Waals surface area contributed by atoms with Crippen molar-refractivity contribution in [1.29, 1.82) is 0 Å². The SMILES string of the molecule is C=C(CC)CCCC(C)(CC)C(C)CC(C)CC(CCCC)CC(C)(C)CC. The number of hydrogen-bond acceptors (Lipinski definition) is 0. The minimum Gasteiger partial charge on any atom is -0.0999 e. The highest BCUT2D eigenvalue weighted by molar-refractivity contribution is 4.93. The van der Waals surface area contributed by atoms with Crippen molar-refractivity contribution >= 4 is 0 Å². The fourth-order valence-corrected chi connectivity index (χ4v) is 4.97. The molecule has 0 aliphatic carbocycles. The Labute approximate surface area is 180 Å². The largest absolute Gasteiger partial charge is 0.0999 e. The lowest BCUT2D eigenvalue weighted by Crippen LogP contribution is -2.27. The van der Waals surface area contributed by atoms with Gasteiger partial charge in [0.15, 0.2) is 0 Å². The van der Waals surface area contributed by atoms with E-state index in [0.717, 1.165) is 24.2 Å². The first-order chi connectivity index (χ1) is 13.0. The third kappa shape index (κ3) is 11.1. The number of rotatable bonds is 17. The summed E-state index contributed by atoms with van der Waals surface area (Å²) in [5.74, 6) is 2.58. The number of unbranched alkanes of at least 4 members (excludes halogenated alkanes) is 1. The Morgan fingerprint density at radius 3 is 2.04 bits per heavy atom. The molecule has 0 aliphatic heterocycles. The molecule has 168 valence electrons. The monoisotopic (exact) mass is 392 g/mol. The second kappa shape index (κ2) is 13.9. The van der Waals surface area contributed by atoms with Crippen LogP contribution in [0.2, 0.25) is 0 Å². The van der Waals surface area contributed by atoms with Crippen molar-refractivity contribution in [3.05, 3.63) is 12.2 Å². The van der Waals surface area contributed by atoms with Gasteiger partial charge in [0.1, 0.15) is 0 Å². The van der Waals surface area contributed by atoms with Crippen molar-refractivity contribution in [3.63, 3.8) is 0 Å². The van der Waals surface area contributed by atoms with E-state index < -0.39 is 0 Å². The zero-order chi connectivity index (χ0) is 21.8. The molecule has 0 aliphatic rings. The Morgan fingerprint density at radius 2 is 1.54 bits per heavy atom. The predicted octanol–water partition coefficient (Wildman–Crippen LogP) is 10.2. The van der Waals surface area contributed by atoms with Gasteiger partial charge in [-0.1, -0.05) is 107 Å². The van der Waals surface area contributed by atoms with E-state index in [1.807, 2.05) is 0 Å². The Hall–Kier alpha value is -0.260. The van der Waals surface area contributed by atoms with E-state index in [2.05, 4.69) is 68.9 Å². The number of allylic oxidation sites excluding steroid dienone is 1. The third-order valence-electron chi connectivity index (χ3n) is 8.03. The van der Waals surface area contributed by atoms with Gasteiger partial charge in [-0.25, -0.2) is 0 Å². The second-order valence-corrected chi connectivity index (χ2v) is 11.2. The summed E-state index contributed by atoms with van der Waals surface area (Å²) in [6.45, 7) is 26.1. The lowest BCUT2D eigenvalue weighted by molar-refractivity contribution is 0.132. The Bertz CT molecular complexity index is 404. The molecule has 0 N–H and O–H groups in total. The normalized spacial score (nSPS) is 17.8. The summed E-state index contributed by atoms with van der Waals surface area (Å²) < 4.78 is 0. The molecular weight excluding hydrogens is 336 g/mol. The van der Waals surface area contributed by atoms with Crippen molar-refractivity contribution < 1.29 is 0 Å². The smallest absolute Gasteiger partial charge is 0.0303 e.